The summed E-state index contributed by atoms with van der Waals surface area (Å²) in [7, 11) is 0. The van der Waals surface area contributed by atoms with Gasteiger partial charge in [-0.2, -0.15) is 0 Å². The van der Waals surface area contributed by atoms with Crippen LogP contribution < -0.4 is 4.74 Å². The van der Waals surface area contributed by atoms with E-state index in [1.54, 1.807) is 24.3 Å². The summed E-state index contributed by atoms with van der Waals surface area (Å²) in [5.41, 5.74) is 0.903. The Hall–Kier alpha value is -2.08. The van der Waals surface area contributed by atoms with Crippen LogP contribution in [0.3, 0.4) is 0 Å². The highest BCUT2D eigenvalue weighted by molar-refractivity contribution is 5.67. The Morgan fingerprint density at radius 2 is 1.80 bits per heavy atom. The number of halogens is 3. The maximum absolute atomic E-state index is 12.4. The molecule has 0 saturated heterocycles. The van der Waals surface area contributed by atoms with Crippen molar-refractivity contribution in [3.8, 4) is 17.0 Å². The number of para-hydroxylation sites is 1. The molecule has 0 amide bonds. The summed E-state index contributed by atoms with van der Waals surface area (Å²) in [5.74, 6) is -0.324. The summed E-state index contributed by atoms with van der Waals surface area (Å²) in [6.45, 7) is 1.53. The molecule has 1 heterocycles. The second-order valence-corrected chi connectivity index (χ2v) is 4.17. The maximum Gasteiger partial charge on any atom is 0.573 e. The monoisotopic (exact) mass is 283 g/mol. The fraction of sp³-hybridized carbons (Fsp3) is 0.214. The van der Waals surface area contributed by atoms with Crippen LogP contribution in [0, 0.1) is 0 Å². The molecule has 0 saturated carbocycles. The van der Waals surface area contributed by atoms with E-state index in [0.29, 0.717) is 11.4 Å². The Kier molecular flexibility index (Phi) is 3.94. The largest absolute Gasteiger partial charge is 0.573 e. The van der Waals surface area contributed by atoms with Gasteiger partial charge < -0.3 is 9.84 Å². The fourth-order valence-corrected chi connectivity index (χ4v) is 1.73. The van der Waals surface area contributed by atoms with Crippen LogP contribution >= 0.6 is 0 Å². The number of alkyl halides is 3. The van der Waals surface area contributed by atoms with Gasteiger partial charge in [0.15, 0.2) is 0 Å². The van der Waals surface area contributed by atoms with Gasteiger partial charge in [-0.25, -0.2) is 4.98 Å². The van der Waals surface area contributed by atoms with E-state index in [-0.39, 0.29) is 11.3 Å². The van der Waals surface area contributed by atoms with E-state index in [0.717, 1.165) is 0 Å². The summed E-state index contributed by atoms with van der Waals surface area (Å²) < 4.78 is 41.1. The third-order valence-electron chi connectivity index (χ3n) is 2.59. The molecular formula is C14H12F3NO2. The number of aliphatic hydroxyl groups excluding tert-OH is 1. The number of aromatic nitrogens is 1. The summed E-state index contributed by atoms with van der Waals surface area (Å²) in [6.07, 6.45) is -5.57. The van der Waals surface area contributed by atoms with Crippen molar-refractivity contribution < 1.29 is 23.0 Å². The fourth-order valence-electron chi connectivity index (χ4n) is 1.73. The molecule has 0 radical (unpaired) electrons. The van der Waals surface area contributed by atoms with Gasteiger partial charge in [-0.15, -0.1) is 13.2 Å². The van der Waals surface area contributed by atoms with Crippen LogP contribution in [0.25, 0.3) is 11.3 Å². The number of hydrogen-bond donors (Lipinski definition) is 1. The van der Waals surface area contributed by atoms with Crippen molar-refractivity contribution in [1.29, 1.82) is 0 Å². The van der Waals surface area contributed by atoms with Gasteiger partial charge in [0.25, 0.3) is 0 Å². The zero-order valence-corrected chi connectivity index (χ0v) is 10.6. The van der Waals surface area contributed by atoms with E-state index in [9.17, 15) is 18.3 Å². The van der Waals surface area contributed by atoms with Gasteiger partial charge in [0.1, 0.15) is 5.75 Å². The van der Waals surface area contributed by atoms with Gasteiger partial charge >= 0.3 is 6.36 Å². The lowest BCUT2D eigenvalue weighted by atomic mass is 10.1. The molecule has 0 aliphatic carbocycles. The van der Waals surface area contributed by atoms with Crippen molar-refractivity contribution in [2.24, 2.45) is 0 Å². The number of rotatable bonds is 3. The summed E-state index contributed by atoms with van der Waals surface area (Å²) in [4.78, 5) is 4.14. The highest BCUT2D eigenvalue weighted by atomic mass is 19.4. The molecule has 2 aromatic rings. The van der Waals surface area contributed by atoms with Crippen LogP contribution in [-0.4, -0.2) is 16.5 Å². The molecule has 20 heavy (non-hydrogen) atoms. The van der Waals surface area contributed by atoms with Crippen molar-refractivity contribution in [2.75, 3.05) is 0 Å². The summed E-state index contributed by atoms with van der Waals surface area (Å²) >= 11 is 0. The minimum absolute atomic E-state index is 0.215. The molecule has 1 atom stereocenters. The first-order chi connectivity index (χ1) is 9.37. The minimum Gasteiger partial charge on any atom is -0.405 e. The van der Waals surface area contributed by atoms with E-state index in [1.165, 1.54) is 25.1 Å². The average molecular weight is 283 g/mol. The minimum atomic E-state index is -4.77. The standard InChI is InChI=1S/C14H12F3NO2/c1-9(19)11-6-4-7-12(18-11)10-5-2-3-8-13(10)20-14(15,16)17/h2-9,19H,1H3/t9-/m1/s1. The molecule has 1 aromatic carbocycles. The van der Waals surface area contributed by atoms with Crippen molar-refractivity contribution in [2.45, 2.75) is 19.4 Å². The predicted octanol–water partition coefficient (Wildman–Crippen LogP) is 3.70. The molecule has 1 aromatic heterocycles. The zero-order valence-electron chi connectivity index (χ0n) is 10.6. The van der Waals surface area contributed by atoms with Gasteiger partial charge in [-0.1, -0.05) is 18.2 Å². The maximum atomic E-state index is 12.4. The number of nitrogens with zero attached hydrogens (tertiary/aromatic N) is 1. The van der Waals surface area contributed by atoms with Crippen LogP contribution in [0.5, 0.6) is 5.75 Å². The predicted molar refractivity (Wildman–Crippen MR) is 67.0 cm³/mol. The number of ether oxygens (including phenoxy) is 1. The van der Waals surface area contributed by atoms with Gasteiger partial charge in [0, 0.05) is 5.56 Å². The SMILES string of the molecule is C[C@@H](O)c1cccc(-c2ccccc2OC(F)(F)F)n1. The number of benzene rings is 1. The van der Waals surface area contributed by atoms with Gasteiger partial charge in [0.2, 0.25) is 0 Å². The lowest BCUT2D eigenvalue weighted by Crippen LogP contribution is -2.17. The Morgan fingerprint density at radius 3 is 2.45 bits per heavy atom. The lowest BCUT2D eigenvalue weighted by Gasteiger charge is -2.13. The van der Waals surface area contributed by atoms with Gasteiger partial charge in [-0.05, 0) is 31.2 Å². The molecule has 2 rings (SSSR count). The third kappa shape index (κ3) is 3.48. The van der Waals surface area contributed by atoms with Crippen LogP contribution in [0.15, 0.2) is 42.5 Å². The first-order valence-corrected chi connectivity index (χ1v) is 5.87. The van der Waals surface area contributed by atoms with E-state index in [2.05, 4.69) is 9.72 Å². The van der Waals surface area contributed by atoms with Crippen molar-refractivity contribution in [1.82, 2.24) is 4.98 Å². The first kappa shape index (κ1) is 14.3. The third-order valence-corrected chi connectivity index (χ3v) is 2.59. The zero-order chi connectivity index (χ0) is 14.8. The molecule has 106 valence electrons. The van der Waals surface area contributed by atoms with Crippen molar-refractivity contribution in [3.05, 3.63) is 48.2 Å². The van der Waals surface area contributed by atoms with Crippen LogP contribution in [-0.2, 0) is 0 Å². The lowest BCUT2D eigenvalue weighted by molar-refractivity contribution is -0.274. The van der Waals surface area contributed by atoms with Gasteiger partial charge in [0.05, 0.1) is 17.5 Å². The van der Waals surface area contributed by atoms with E-state index in [4.69, 9.17) is 0 Å². The second kappa shape index (κ2) is 5.50. The molecule has 0 unspecified atom stereocenters. The molecule has 0 aliphatic heterocycles. The quantitative estimate of drug-likeness (QED) is 0.934. The highest BCUT2D eigenvalue weighted by Gasteiger charge is 2.32. The Morgan fingerprint density at radius 1 is 1.10 bits per heavy atom. The molecule has 6 heteroatoms. The molecule has 0 bridgehead atoms. The Bertz CT molecular complexity index is 597. The normalized spacial score (nSPS) is 13.1. The molecular weight excluding hydrogens is 271 g/mol. The van der Waals surface area contributed by atoms with E-state index < -0.39 is 12.5 Å². The second-order valence-electron chi connectivity index (χ2n) is 4.17. The first-order valence-electron chi connectivity index (χ1n) is 5.87. The Labute approximate surface area is 113 Å². The molecule has 0 spiro atoms. The van der Waals surface area contributed by atoms with E-state index in [1.807, 2.05) is 0 Å². The van der Waals surface area contributed by atoms with Gasteiger partial charge in [-0.3, -0.25) is 0 Å². The number of pyridine rings is 1. The van der Waals surface area contributed by atoms with Crippen LogP contribution in [0.1, 0.15) is 18.7 Å². The molecule has 1 N–H and O–H groups in total. The van der Waals surface area contributed by atoms with Crippen LogP contribution in [0.2, 0.25) is 0 Å². The number of aliphatic hydroxyl groups is 1. The Balaban J connectivity index is 2.45. The van der Waals surface area contributed by atoms with E-state index >= 15 is 0 Å². The summed E-state index contributed by atoms with van der Waals surface area (Å²) in [6, 6.07) is 10.5. The smallest absolute Gasteiger partial charge is 0.405 e. The topological polar surface area (TPSA) is 42.4 Å². The van der Waals surface area contributed by atoms with Crippen molar-refractivity contribution in [3.63, 3.8) is 0 Å². The molecule has 0 aliphatic rings. The summed E-state index contributed by atoms with van der Waals surface area (Å²) in [5, 5.41) is 9.48. The van der Waals surface area contributed by atoms with Crippen molar-refractivity contribution >= 4 is 0 Å². The molecule has 3 nitrogen and oxygen atoms in total. The average Bonchev–Trinajstić information content (AvgIpc) is 2.37. The highest BCUT2D eigenvalue weighted by Crippen LogP contribution is 2.33. The molecule has 0 fully saturated rings. The number of hydrogen-bond acceptors (Lipinski definition) is 3. The van der Waals surface area contributed by atoms with Crippen LogP contribution in [0.4, 0.5) is 13.2 Å².